The van der Waals surface area contributed by atoms with E-state index in [1.807, 2.05) is 6.92 Å². The highest BCUT2D eigenvalue weighted by atomic mass is 16.3. The Labute approximate surface area is 110 Å². The molecule has 1 rings (SSSR count). The lowest BCUT2D eigenvalue weighted by molar-refractivity contribution is -0.124. The molecule has 18 heavy (non-hydrogen) atoms. The zero-order valence-electron chi connectivity index (χ0n) is 11.7. The zero-order valence-corrected chi connectivity index (χ0v) is 11.7. The molecular formula is C14H28N2O2. The van der Waals surface area contributed by atoms with Gasteiger partial charge in [0, 0.05) is 12.5 Å². The summed E-state index contributed by atoms with van der Waals surface area (Å²) in [4.78, 5) is 12.0. The van der Waals surface area contributed by atoms with Crippen molar-refractivity contribution in [2.45, 2.75) is 70.9 Å². The van der Waals surface area contributed by atoms with Crippen LogP contribution in [0.3, 0.4) is 0 Å². The Morgan fingerprint density at radius 1 is 1.33 bits per heavy atom. The second-order valence-electron chi connectivity index (χ2n) is 5.99. The summed E-state index contributed by atoms with van der Waals surface area (Å²) in [6, 6.07) is 0.0240. The number of nitrogens with one attached hydrogen (secondary N) is 1. The molecule has 1 fully saturated rings. The van der Waals surface area contributed by atoms with Crippen LogP contribution < -0.4 is 11.1 Å². The van der Waals surface area contributed by atoms with Crippen molar-refractivity contribution in [2.24, 2.45) is 11.1 Å². The van der Waals surface area contributed by atoms with Crippen molar-refractivity contribution in [3.05, 3.63) is 0 Å². The summed E-state index contributed by atoms with van der Waals surface area (Å²) in [5, 5.41) is 12.2. The Balaban J connectivity index is 2.42. The summed E-state index contributed by atoms with van der Waals surface area (Å²) < 4.78 is 0. The Bertz CT molecular complexity index is 261. The number of carbonyl (C=O) groups excluding carboxylic acids is 1. The standard InChI is InChI=1S/C14H28N2O2/c1-11(8-12(2)17)16-13(18)9-14(10-15)6-4-3-5-7-14/h11-12,17H,3-10,15H2,1-2H3,(H,16,18). The fraction of sp³-hybridized carbons (Fsp3) is 0.929. The van der Waals surface area contributed by atoms with Crippen LogP contribution in [0.1, 0.15) is 58.8 Å². The highest BCUT2D eigenvalue weighted by Gasteiger charge is 2.33. The molecular weight excluding hydrogens is 228 g/mol. The third-order valence-electron chi connectivity index (χ3n) is 3.98. The van der Waals surface area contributed by atoms with Crippen molar-refractivity contribution in [1.29, 1.82) is 0 Å². The lowest BCUT2D eigenvalue weighted by Gasteiger charge is -2.36. The predicted molar refractivity (Wildman–Crippen MR) is 73.1 cm³/mol. The maximum Gasteiger partial charge on any atom is 0.220 e. The number of hydrogen-bond donors (Lipinski definition) is 3. The molecule has 4 heteroatoms. The van der Waals surface area contributed by atoms with Gasteiger partial charge in [-0.05, 0) is 45.1 Å². The lowest BCUT2D eigenvalue weighted by Crippen LogP contribution is -2.41. The molecule has 4 N–H and O–H groups in total. The third kappa shape index (κ3) is 4.94. The van der Waals surface area contributed by atoms with Crippen molar-refractivity contribution in [3.63, 3.8) is 0 Å². The first-order chi connectivity index (χ1) is 8.47. The molecule has 1 aliphatic rings. The molecule has 2 unspecified atom stereocenters. The number of nitrogens with two attached hydrogens (primary N) is 1. The van der Waals surface area contributed by atoms with Crippen LogP contribution in [0.25, 0.3) is 0 Å². The predicted octanol–water partition coefficient (Wildman–Crippen LogP) is 1.56. The van der Waals surface area contributed by atoms with Gasteiger partial charge in [-0.1, -0.05) is 19.3 Å². The van der Waals surface area contributed by atoms with Crippen LogP contribution >= 0.6 is 0 Å². The van der Waals surface area contributed by atoms with E-state index < -0.39 is 0 Å². The normalized spacial score (nSPS) is 22.2. The molecule has 0 aliphatic heterocycles. The van der Waals surface area contributed by atoms with E-state index in [-0.39, 0.29) is 23.5 Å². The second-order valence-corrected chi connectivity index (χ2v) is 5.99. The smallest absolute Gasteiger partial charge is 0.220 e. The summed E-state index contributed by atoms with van der Waals surface area (Å²) in [5.74, 6) is 0.0792. The molecule has 0 radical (unpaired) electrons. The number of aliphatic hydroxyl groups excluding tert-OH is 1. The molecule has 0 heterocycles. The van der Waals surface area contributed by atoms with Crippen molar-refractivity contribution in [2.75, 3.05) is 6.54 Å². The molecule has 1 aliphatic carbocycles. The van der Waals surface area contributed by atoms with Gasteiger partial charge in [0.1, 0.15) is 0 Å². The van der Waals surface area contributed by atoms with Gasteiger partial charge in [0.05, 0.1) is 6.10 Å². The molecule has 106 valence electrons. The number of hydrogen-bond acceptors (Lipinski definition) is 3. The Hall–Kier alpha value is -0.610. The maximum atomic E-state index is 12.0. The number of aliphatic hydroxyl groups is 1. The minimum Gasteiger partial charge on any atom is -0.393 e. The molecule has 0 aromatic rings. The first-order valence-corrected chi connectivity index (χ1v) is 7.15. The summed E-state index contributed by atoms with van der Waals surface area (Å²) in [6.45, 7) is 4.27. The number of carbonyl (C=O) groups is 1. The van der Waals surface area contributed by atoms with Gasteiger partial charge in [-0.25, -0.2) is 0 Å². The number of amides is 1. The van der Waals surface area contributed by atoms with Crippen LogP contribution in [0.15, 0.2) is 0 Å². The Kier molecular flexibility index (Phi) is 6.09. The zero-order chi connectivity index (χ0) is 13.6. The topological polar surface area (TPSA) is 75.3 Å². The van der Waals surface area contributed by atoms with Gasteiger partial charge < -0.3 is 16.2 Å². The van der Waals surface area contributed by atoms with Crippen LogP contribution in [0.5, 0.6) is 0 Å². The van der Waals surface area contributed by atoms with Gasteiger partial charge in [-0.2, -0.15) is 0 Å². The summed E-state index contributed by atoms with van der Waals surface area (Å²) in [5.41, 5.74) is 5.90. The summed E-state index contributed by atoms with van der Waals surface area (Å²) in [6.07, 6.45) is 6.54. The Morgan fingerprint density at radius 3 is 2.44 bits per heavy atom. The SMILES string of the molecule is CC(O)CC(C)NC(=O)CC1(CN)CCCCC1. The molecule has 1 saturated carbocycles. The first-order valence-electron chi connectivity index (χ1n) is 7.15. The maximum absolute atomic E-state index is 12.0. The van der Waals surface area contributed by atoms with Crippen LogP contribution in [-0.4, -0.2) is 29.7 Å². The van der Waals surface area contributed by atoms with Crippen LogP contribution in [0.2, 0.25) is 0 Å². The molecule has 0 aromatic carbocycles. The molecule has 0 bridgehead atoms. The molecule has 0 spiro atoms. The minimum absolute atomic E-state index is 0.0207. The molecule has 0 aromatic heterocycles. The molecule has 0 saturated heterocycles. The quantitative estimate of drug-likeness (QED) is 0.675. The van der Waals surface area contributed by atoms with Crippen molar-refractivity contribution >= 4 is 5.91 Å². The lowest BCUT2D eigenvalue weighted by atomic mass is 9.71. The van der Waals surface area contributed by atoms with E-state index in [2.05, 4.69) is 5.32 Å². The van der Waals surface area contributed by atoms with Crippen molar-refractivity contribution in [3.8, 4) is 0 Å². The van der Waals surface area contributed by atoms with E-state index in [0.717, 1.165) is 12.8 Å². The van der Waals surface area contributed by atoms with Crippen LogP contribution in [0, 0.1) is 5.41 Å². The van der Waals surface area contributed by atoms with Gasteiger partial charge >= 0.3 is 0 Å². The van der Waals surface area contributed by atoms with E-state index in [4.69, 9.17) is 5.73 Å². The number of rotatable bonds is 6. The van der Waals surface area contributed by atoms with Crippen LogP contribution in [0.4, 0.5) is 0 Å². The average Bonchev–Trinajstić information content (AvgIpc) is 2.28. The van der Waals surface area contributed by atoms with E-state index in [0.29, 0.717) is 19.4 Å². The van der Waals surface area contributed by atoms with E-state index in [1.54, 1.807) is 6.92 Å². The highest BCUT2D eigenvalue weighted by Crippen LogP contribution is 2.38. The van der Waals surface area contributed by atoms with E-state index in [1.165, 1.54) is 19.3 Å². The fourth-order valence-corrected chi connectivity index (χ4v) is 2.99. The first kappa shape index (κ1) is 15.4. The highest BCUT2D eigenvalue weighted by molar-refractivity contribution is 5.77. The molecule has 1 amide bonds. The third-order valence-corrected chi connectivity index (χ3v) is 3.98. The van der Waals surface area contributed by atoms with Gasteiger partial charge in [-0.15, -0.1) is 0 Å². The minimum atomic E-state index is -0.376. The van der Waals surface area contributed by atoms with E-state index >= 15 is 0 Å². The summed E-state index contributed by atoms with van der Waals surface area (Å²) >= 11 is 0. The van der Waals surface area contributed by atoms with Gasteiger partial charge in [0.25, 0.3) is 0 Å². The monoisotopic (exact) mass is 256 g/mol. The molecule has 4 nitrogen and oxygen atoms in total. The van der Waals surface area contributed by atoms with Crippen molar-refractivity contribution in [1.82, 2.24) is 5.32 Å². The Morgan fingerprint density at radius 2 is 1.94 bits per heavy atom. The van der Waals surface area contributed by atoms with Gasteiger partial charge in [-0.3, -0.25) is 4.79 Å². The summed E-state index contributed by atoms with van der Waals surface area (Å²) in [7, 11) is 0. The fourth-order valence-electron chi connectivity index (χ4n) is 2.99. The van der Waals surface area contributed by atoms with Crippen LogP contribution in [-0.2, 0) is 4.79 Å². The second kappa shape index (κ2) is 7.10. The average molecular weight is 256 g/mol. The molecule has 2 atom stereocenters. The van der Waals surface area contributed by atoms with E-state index in [9.17, 15) is 9.90 Å². The van der Waals surface area contributed by atoms with Gasteiger partial charge in [0.15, 0.2) is 0 Å². The van der Waals surface area contributed by atoms with Gasteiger partial charge in [0.2, 0.25) is 5.91 Å². The van der Waals surface area contributed by atoms with Crippen molar-refractivity contribution < 1.29 is 9.90 Å². The largest absolute Gasteiger partial charge is 0.393 e.